The van der Waals surface area contributed by atoms with E-state index in [1.807, 2.05) is 30.3 Å². The summed E-state index contributed by atoms with van der Waals surface area (Å²) in [6.45, 7) is 5.03. The molecule has 7 heteroatoms. The summed E-state index contributed by atoms with van der Waals surface area (Å²) in [4.78, 5) is 11.9. The Labute approximate surface area is 141 Å². The van der Waals surface area contributed by atoms with E-state index in [4.69, 9.17) is 13.8 Å². The van der Waals surface area contributed by atoms with Crippen molar-refractivity contribution in [2.75, 3.05) is 7.11 Å². The zero-order valence-corrected chi connectivity index (χ0v) is 15.1. The van der Waals surface area contributed by atoms with Crippen LogP contribution in [0.3, 0.4) is 0 Å². The number of carbonyl (C=O) groups excluding carboxylic acids is 1. The third kappa shape index (κ3) is 4.57. The van der Waals surface area contributed by atoms with E-state index in [1.165, 1.54) is 7.11 Å². The van der Waals surface area contributed by atoms with Crippen LogP contribution in [0.1, 0.15) is 20.8 Å². The second-order valence-electron chi connectivity index (χ2n) is 5.59. The van der Waals surface area contributed by atoms with Gasteiger partial charge >= 0.3 is 13.7 Å². The highest BCUT2D eigenvalue weighted by Crippen LogP contribution is 2.45. The molecule has 0 radical (unpaired) electrons. The number of carbonyl (C=O) groups is 1. The maximum absolute atomic E-state index is 12.8. The fourth-order valence-electron chi connectivity index (χ4n) is 2.15. The van der Waals surface area contributed by atoms with Gasteiger partial charge in [0.25, 0.3) is 0 Å². The van der Waals surface area contributed by atoms with E-state index < -0.39 is 19.8 Å². The first kappa shape index (κ1) is 18.5. The van der Waals surface area contributed by atoms with Crippen molar-refractivity contribution in [3.8, 4) is 5.75 Å². The number of nitrogens with one attached hydrogen (secondary N) is 1. The summed E-state index contributed by atoms with van der Waals surface area (Å²) in [6.07, 6.45) is -0.261. The lowest BCUT2D eigenvalue weighted by molar-refractivity contribution is -0.149. The molecule has 2 rings (SSSR count). The predicted octanol–water partition coefficient (Wildman–Crippen LogP) is 3.90. The molecule has 0 unspecified atom stereocenters. The summed E-state index contributed by atoms with van der Waals surface area (Å²) < 4.78 is 28.6. The summed E-state index contributed by atoms with van der Waals surface area (Å²) in [5.41, 5.74) is 0. The van der Waals surface area contributed by atoms with E-state index in [9.17, 15) is 9.36 Å². The fourth-order valence-corrected chi connectivity index (χ4v) is 3.38. The number of hydrogen-bond acceptors (Lipinski definition) is 5. The molecule has 0 fully saturated rings. The predicted molar refractivity (Wildman–Crippen MR) is 93.0 cm³/mol. The van der Waals surface area contributed by atoms with Crippen LogP contribution < -0.4 is 9.61 Å². The maximum Gasteiger partial charge on any atom is 0.459 e. The second-order valence-corrected chi connectivity index (χ2v) is 7.39. The zero-order valence-electron chi connectivity index (χ0n) is 14.2. The Morgan fingerprint density at radius 3 is 2.42 bits per heavy atom. The monoisotopic (exact) mass is 351 g/mol. The van der Waals surface area contributed by atoms with Crippen molar-refractivity contribution in [2.45, 2.75) is 32.9 Å². The molecule has 0 heterocycles. The van der Waals surface area contributed by atoms with Crippen molar-refractivity contribution in [3.05, 3.63) is 42.5 Å². The number of hydrogen-bond donors (Lipinski definition) is 1. The Bertz CT molecular complexity index is 756. The Hall–Kier alpha value is -1.88. The third-order valence-electron chi connectivity index (χ3n) is 3.27. The molecule has 6 nitrogen and oxygen atoms in total. The van der Waals surface area contributed by atoms with Gasteiger partial charge in [-0.05, 0) is 32.2 Å². The quantitative estimate of drug-likeness (QED) is 0.602. The zero-order chi connectivity index (χ0) is 17.7. The van der Waals surface area contributed by atoms with Gasteiger partial charge in [0.15, 0.2) is 0 Å². The highest BCUT2D eigenvalue weighted by atomic mass is 31.2. The van der Waals surface area contributed by atoms with E-state index in [-0.39, 0.29) is 6.10 Å². The van der Waals surface area contributed by atoms with Gasteiger partial charge in [0.1, 0.15) is 11.8 Å². The minimum Gasteiger partial charge on any atom is -0.462 e. The smallest absolute Gasteiger partial charge is 0.459 e. The number of esters is 1. The van der Waals surface area contributed by atoms with Gasteiger partial charge in [-0.3, -0.25) is 9.32 Å². The summed E-state index contributed by atoms with van der Waals surface area (Å²) in [5, 5.41) is 4.35. The van der Waals surface area contributed by atoms with Crippen LogP contribution in [-0.4, -0.2) is 25.2 Å². The van der Waals surface area contributed by atoms with Crippen LogP contribution in [0, 0.1) is 0 Å². The molecule has 1 N–H and O–H groups in total. The number of fused-ring (bicyclic) bond motifs is 1. The maximum atomic E-state index is 12.8. The summed E-state index contributed by atoms with van der Waals surface area (Å²) in [7, 11) is -2.47. The molecule has 24 heavy (non-hydrogen) atoms. The molecule has 130 valence electrons. The Kier molecular flexibility index (Phi) is 5.99. The van der Waals surface area contributed by atoms with E-state index in [1.54, 1.807) is 32.9 Å². The molecule has 0 spiro atoms. The van der Waals surface area contributed by atoms with Crippen molar-refractivity contribution in [1.82, 2.24) is 5.09 Å². The molecule has 0 bridgehead atoms. The van der Waals surface area contributed by atoms with Crippen molar-refractivity contribution >= 4 is 24.5 Å². The molecule has 2 atom stereocenters. The number of ether oxygens (including phenoxy) is 1. The minimum absolute atomic E-state index is 0.261. The number of rotatable bonds is 7. The van der Waals surface area contributed by atoms with Crippen LogP contribution in [-0.2, 0) is 18.6 Å². The molecule has 2 aromatic carbocycles. The van der Waals surface area contributed by atoms with Gasteiger partial charge in [-0.15, -0.1) is 0 Å². The largest absolute Gasteiger partial charge is 0.462 e. The summed E-state index contributed by atoms with van der Waals surface area (Å²) >= 11 is 0. The van der Waals surface area contributed by atoms with Gasteiger partial charge in [-0.2, -0.15) is 5.09 Å². The molecule has 0 aliphatic rings. The standard InChI is InChI=1S/C17H22NO5P/c1-12(2)22-17(19)13(3)18-24(20,21-4)23-16-11-7-9-14-8-5-6-10-15(14)16/h5-13H,1-4H3,(H,18,20)/t13-,24+/m0/s1. The molecular formula is C17H22NO5P. The molecule has 0 saturated heterocycles. The summed E-state index contributed by atoms with van der Waals surface area (Å²) in [6, 6.07) is 12.1. The topological polar surface area (TPSA) is 73.9 Å². The van der Waals surface area contributed by atoms with Gasteiger partial charge in [0.05, 0.1) is 6.10 Å². The molecule has 0 amide bonds. The van der Waals surface area contributed by atoms with Crippen molar-refractivity contribution in [1.29, 1.82) is 0 Å². The fraction of sp³-hybridized carbons (Fsp3) is 0.353. The highest BCUT2D eigenvalue weighted by molar-refractivity contribution is 7.52. The van der Waals surface area contributed by atoms with E-state index in [2.05, 4.69) is 5.09 Å². The third-order valence-corrected chi connectivity index (χ3v) is 4.89. The number of benzene rings is 2. The van der Waals surface area contributed by atoms with Gasteiger partial charge in [0, 0.05) is 12.5 Å². The molecule has 0 aliphatic carbocycles. The average Bonchev–Trinajstić information content (AvgIpc) is 2.54. The molecule has 0 aliphatic heterocycles. The van der Waals surface area contributed by atoms with E-state index in [0.717, 1.165) is 10.8 Å². The van der Waals surface area contributed by atoms with Crippen molar-refractivity contribution in [3.63, 3.8) is 0 Å². The van der Waals surface area contributed by atoms with Gasteiger partial charge in [-0.1, -0.05) is 36.4 Å². The average molecular weight is 351 g/mol. The first-order valence-electron chi connectivity index (χ1n) is 7.66. The van der Waals surface area contributed by atoms with Crippen LogP contribution >= 0.6 is 7.75 Å². The Balaban J connectivity index is 2.20. The van der Waals surface area contributed by atoms with Gasteiger partial charge in [-0.25, -0.2) is 4.57 Å². The van der Waals surface area contributed by atoms with Crippen LogP contribution in [0.2, 0.25) is 0 Å². The first-order chi connectivity index (χ1) is 11.3. The molecule has 2 aromatic rings. The highest BCUT2D eigenvalue weighted by Gasteiger charge is 2.31. The lowest BCUT2D eigenvalue weighted by atomic mass is 10.1. The first-order valence-corrected chi connectivity index (χ1v) is 9.20. The summed E-state index contributed by atoms with van der Waals surface area (Å²) in [5.74, 6) is -0.112. The second kappa shape index (κ2) is 7.79. The molecule has 0 saturated carbocycles. The normalized spacial score (nSPS) is 15.0. The minimum atomic E-state index is -3.73. The van der Waals surface area contributed by atoms with Crippen molar-refractivity contribution in [2.24, 2.45) is 0 Å². The SMILES string of the molecule is CO[P@](=O)(N[C@@H](C)C(=O)OC(C)C)Oc1cccc2ccccc12. The van der Waals surface area contributed by atoms with Gasteiger partial charge in [0.2, 0.25) is 0 Å². The van der Waals surface area contributed by atoms with Crippen LogP contribution in [0.25, 0.3) is 10.8 Å². The van der Waals surface area contributed by atoms with E-state index in [0.29, 0.717) is 5.75 Å². The van der Waals surface area contributed by atoms with E-state index >= 15 is 0 Å². The Morgan fingerprint density at radius 2 is 1.75 bits per heavy atom. The lowest BCUT2D eigenvalue weighted by Crippen LogP contribution is -2.36. The van der Waals surface area contributed by atoms with Crippen LogP contribution in [0.4, 0.5) is 0 Å². The molecule has 0 aromatic heterocycles. The van der Waals surface area contributed by atoms with Gasteiger partial charge < -0.3 is 9.26 Å². The lowest BCUT2D eigenvalue weighted by Gasteiger charge is -2.22. The Morgan fingerprint density at radius 1 is 1.08 bits per heavy atom. The van der Waals surface area contributed by atoms with Crippen molar-refractivity contribution < 1.29 is 23.1 Å². The molecular weight excluding hydrogens is 329 g/mol. The van der Waals surface area contributed by atoms with Crippen LogP contribution in [0.15, 0.2) is 42.5 Å². The van der Waals surface area contributed by atoms with Crippen LogP contribution in [0.5, 0.6) is 5.75 Å².